The average molecular weight is 337 g/mol. The number of halogens is 1. The highest BCUT2D eigenvalue weighted by Gasteiger charge is 2.28. The van der Waals surface area contributed by atoms with Gasteiger partial charge in [-0.1, -0.05) is 12.1 Å². The molecule has 1 aromatic heterocycles. The van der Waals surface area contributed by atoms with Crippen molar-refractivity contribution < 1.29 is 4.79 Å². The maximum atomic E-state index is 12.4. The molecule has 1 aromatic carbocycles. The second-order valence-corrected chi connectivity index (χ2v) is 5.94. The third-order valence-corrected chi connectivity index (χ3v) is 4.36. The second kappa shape index (κ2) is 7.10. The Morgan fingerprint density at radius 2 is 2.17 bits per heavy atom. The molecule has 1 aliphatic heterocycles. The van der Waals surface area contributed by atoms with Crippen LogP contribution in [-0.4, -0.2) is 39.5 Å². The fraction of sp³-hybridized carbons (Fsp3) is 0.438. The number of nitrogens with zero attached hydrogens (tertiary/aromatic N) is 3. The molecule has 2 atom stereocenters. The van der Waals surface area contributed by atoms with Crippen LogP contribution in [0.4, 0.5) is 0 Å². The summed E-state index contributed by atoms with van der Waals surface area (Å²) < 4.78 is 1.38. The van der Waals surface area contributed by atoms with Crippen LogP contribution in [-0.2, 0) is 11.3 Å². The number of para-hydroxylation sites is 1. The zero-order chi connectivity index (χ0) is 15.7. The number of carbonyl (C=O) groups excluding carboxylic acids is 1. The molecule has 1 saturated heterocycles. The molecular formula is C16H21ClN4O2. The number of fused-ring (bicyclic) bond motifs is 1. The fourth-order valence-corrected chi connectivity index (χ4v) is 2.91. The molecule has 0 spiro atoms. The summed E-state index contributed by atoms with van der Waals surface area (Å²) in [6.45, 7) is 3.38. The predicted molar refractivity (Wildman–Crippen MR) is 91.6 cm³/mol. The van der Waals surface area contributed by atoms with Crippen molar-refractivity contribution in [3.05, 3.63) is 40.9 Å². The van der Waals surface area contributed by atoms with E-state index in [0.717, 1.165) is 6.42 Å². The van der Waals surface area contributed by atoms with E-state index in [1.807, 2.05) is 13.0 Å². The fourth-order valence-electron chi connectivity index (χ4n) is 2.91. The lowest BCUT2D eigenvalue weighted by Crippen LogP contribution is -2.36. The van der Waals surface area contributed by atoms with Gasteiger partial charge in [-0.3, -0.25) is 14.2 Å². The number of hydrogen-bond donors (Lipinski definition) is 1. The number of hydrogen-bond acceptors (Lipinski definition) is 4. The third kappa shape index (κ3) is 3.54. The predicted octanol–water partition coefficient (Wildman–Crippen LogP) is 1.01. The first-order valence-corrected chi connectivity index (χ1v) is 7.54. The van der Waals surface area contributed by atoms with Crippen LogP contribution in [0.5, 0.6) is 0 Å². The molecule has 3 rings (SSSR count). The van der Waals surface area contributed by atoms with E-state index in [9.17, 15) is 9.59 Å². The lowest BCUT2D eigenvalue weighted by Gasteiger charge is -2.18. The van der Waals surface area contributed by atoms with E-state index in [1.54, 1.807) is 23.1 Å². The molecule has 0 aliphatic carbocycles. The molecule has 124 valence electrons. The van der Waals surface area contributed by atoms with Gasteiger partial charge in [0.25, 0.3) is 5.56 Å². The SMILES string of the molecule is CC(N)C1CCN(C(=O)Cn2cnc3ccccc3c2=O)C1.Cl. The molecular weight excluding hydrogens is 316 g/mol. The van der Waals surface area contributed by atoms with E-state index < -0.39 is 0 Å². The van der Waals surface area contributed by atoms with Crippen LogP contribution in [0.2, 0.25) is 0 Å². The monoisotopic (exact) mass is 336 g/mol. The molecule has 2 N–H and O–H groups in total. The van der Waals surface area contributed by atoms with Crippen LogP contribution < -0.4 is 11.3 Å². The van der Waals surface area contributed by atoms with Gasteiger partial charge in [0, 0.05) is 19.1 Å². The largest absolute Gasteiger partial charge is 0.341 e. The van der Waals surface area contributed by atoms with Crippen molar-refractivity contribution in [2.24, 2.45) is 11.7 Å². The Kier molecular flexibility index (Phi) is 5.38. The van der Waals surface area contributed by atoms with Crippen molar-refractivity contribution in [3.8, 4) is 0 Å². The van der Waals surface area contributed by atoms with Gasteiger partial charge < -0.3 is 10.6 Å². The lowest BCUT2D eigenvalue weighted by atomic mass is 10.0. The van der Waals surface area contributed by atoms with Gasteiger partial charge in [-0.15, -0.1) is 12.4 Å². The highest BCUT2D eigenvalue weighted by atomic mass is 35.5. The van der Waals surface area contributed by atoms with Crippen molar-refractivity contribution >= 4 is 29.2 Å². The number of aromatic nitrogens is 2. The zero-order valence-electron chi connectivity index (χ0n) is 13.0. The van der Waals surface area contributed by atoms with E-state index in [2.05, 4.69) is 4.98 Å². The quantitative estimate of drug-likeness (QED) is 0.907. The van der Waals surface area contributed by atoms with Gasteiger partial charge in [0.1, 0.15) is 6.54 Å². The first-order valence-electron chi connectivity index (χ1n) is 7.54. The Hall–Kier alpha value is -1.92. The normalized spacial score (nSPS) is 18.7. The number of amides is 1. The molecule has 2 aromatic rings. The van der Waals surface area contributed by atoms with Gasteiger partial charge in [0.05, 0.1) is 17.2 Å². The van der Waals surface area contributed by atoms with E-state index in [1.165, 1.54) is 10.9 Å². The summed E-state index contributed by atoms with van der Waals surface area (Å²) in [5.74, 6) is 0.290. The molecule has 1 amide bonds. The third-order valence-electron chi connectivity index (χ3n) is 4.36. The first kappa shape index (κ1) is 17.4. The topological polar surface area (TPSA) is 81.2 Å². The molecule has 2 unspecified atom stereocenters. The number of likely N-dealkylation sites (tertiary alicyclic amines) is 1. The Labute approximate surface area is 140 Å². The van der Waals surface area contributed by atoms with E-state index in [-0.39, 0.29) is 36.5 Å². The number of carbonyl (C=O) groups is 1. The Bertz CT molecular complexity index is 759. The molecule has 0 bridgehead atoms. The smallest absolute Gasteiger partial charge is 0.261 e. The Morgan fingerprint density at radius 3 is 2.87 bits per heavy atom. The maximum absolute atomic E-state index is 12.4. The van der Waals surface area contributed by atoms with Crippen molar-refractivity contribution in [1.82, 2.24) is 14.5 Å². The van der Waals surface area contributed by atoms with Crippen molar-refractivity contribution in [2.45, 2.75) is 25.9 Å². The molecule has 1 fully saturated rings. The number of benzene rings is 1. The maximum Gasteiger partial charge on any atom is 0.261 e. The number of rotatable bonds is 3. The minimum atomic E-state index is -0.179. The summed E-state index contributed by atoms with van der Waals surface area (Å²) >= 11 is 0. The van der Waals surface area contributed by atoms with Gasteiger partial charge in [0.2, 0.25) is 5.91 Å². The van der Waals surface area contributed by atoms with Crippen LogP contribution in [0, 0.1) is 5.92 Å². The van der Waals surface area contributed by atoms with Crippen LogP contribution in [0.25, 0.3) is 10.9 Å². The summed E-state index contributed by atoms with van der Waals surface area (Å²) in [4.78, 5) is 30.8. The lowest BCUT2D eigenvalue weighted by molar-refractivity contribution is -0.131. The summed E-state index contributed by atoms with van der Waals surface area (Å²) in [7, 11) is 0. The highest BCUT2D eigenvalue weighted by Crippen LogP contribution is 2.18. The van der Waals surface area contributed by atoms with E-state index in [4.69, 9.17) is 5.73 Å². The standard InChI is InChI=1S/C16H20N4O2.ClH/c1-11(17)12-6-7-19(8-12)15(21)9-20-10-18-14-5-3-2-4-13(14)16(20)22;/h2-5,10-12H,6-9,17H2,1H3;1H. The van der Waals surface area contributed by atoms with Crippen LogP contribution in [0.3, 0.4) is 0 Å². The molecule has 1 aliphatic rings. The van der Waals surface area contributed by atoms with Crippen LogP contribution >= 0.6 is 12.4 Å². The molecule has 7 heteroatoms. The second-order valence-electron chi connectivity index (χ2n) is 5.94. The zero-order valence-corrected chi connectivity index (χ0v) is 13.8. The van der Waals surface area contributed by atoms with Crippen molar-refractivity contribution in [1.29, 1.82) is 0 Å². The number of nitrogens with two attached hydrogens (primary N) is 1. The van der Waals surface area contributed by atoms with E-state index in [0.29, 0.717) is 29.9 Å². The summed E-state index contributed by atoms with van der Waals surface area (Å²) in [6.07, 6.45) is 2.37. The summed E-state index contributed by atoms with van der Waals surface area (Å²) in [5.41, 5.74) is 6.36. The molecule has 0 radical (unpaired) electrons. The van der Waals surface area contributed by atoms with Gasteiger partial charge in [0.15, 0.2) is 0 Å². The molecule has 2 heterocycles. The molecule has 0 saturated carbocycles. The highest BCUT2D eigenvalue weighted by molar-refractivity contribution is 5.85. The van der Waals surface area contributed by atoms with Crippen molar-refractivity contribution in [3.63, 3.8) is 0 Å². The van der Waals surface area contributed by atoms with Gasteiger partial charge in [-0.2, -0.15) is 0 Å². The summed E-state index contributed by atoms with van der Waals surface area (Å²) in [6, 6.07) is 7.24. The average Bonchev–Trinajstić information content (AvgIpc) is 3.00. The first-order chi connectivity index (χ1) is 10.6. The minimum Gasteiger partial charge on any atom is -0.341 e. The van der Waals surface area contributed by atoms with Gasteiger partial charge in [-0.05, 0) is 31.4 Å². The van der Waals surface area contributed by atoms with Crippen molar-refractivity contribution in [2.75, 3.05) is 13.1 Å². The molecule has 6 nitrogen and oxygen atoms in total. The van der Waals surface area contributed by atoms with E-state index >= 15 is 0 Å². The van der Waals surface area contributed by atoms with Gasteiger partial charge >= 0.3 is 0 Å². The molecule has 23 heavy (non-hydrogen) atoms. The van der Waals surface area contributed by atoms with Crippen LogP contribution in [0.15, 0.2) is 35.4 Å². The Morgan fingerprint density at radius 1 is 1.43 bits per heavy atom. The minimum absolute atomic E-state index is 0. The van der Waals surface area contributed by atoms with Crippen LogP contribution in [0.1, 0.15) is 13.3 Å². The summed E-state index contributed by atoms with van der Waals surface area (Å²) in [5, 5.41) is 0.535. The Balaban J connectivity index is 0.00000192. The van der Waals surface area contributed by atoms with Gasteiger partial charge in [-0.25, -0.2) is 4.98 Å².